The maximum Gasteiger partial charge on any atom is 0.230 e. The Morgan fingerprint density at radius 2 is 1.77 bits per heavy atom. The maximum atomic E-state index is 12.5. The topological polar surface area (TPSA) is 80.0 Å². The van der Waals surface area contributed by atoms with Crippen molar-refractivity contribution in [3.05, 3.63) is 60.2 Å². The third-order valence-corrected chi connectivity index (χ3v) is 6.60. The molecule has 1 aromatic heterocycles. The van der Waals surface area contributed by atoms with Crippen LogP contribution in [0.2, 0.25) is 0 Å². The van der Waals surface area contributed by atoms with E-state index in [-0.39, 0.29) is 11.7 Å². The van der Waals surface area contributed by atoms with Crippen LogP contribution in [0, 0.1) is 0 Å². The Hall–Kier alpha value is -2.80. The van der Waals surface area contributed by atoms with Gasteiger partial charge >= 0.3 is 0 Å². The number of phenols is 1. The summed E-state index contributed by atoms with van der Waals surface area (Å²) in [6.45, 7) is 0.660. The number of phenolic OH excluding ortho intramolecular Hbond substituents is 1. The molecule has 0 bridgehead atoms. The van der Waals surface area contributed by atoms with E-state index in [9.17, 15) is 9.90 Å². The molecule has 3 aromatic rings. The normalized spacial score (nSPS) is 14.5. The van der Waals surface area contributed by atoms with Crippen LogP contribution < -0.4 is 5.32 Å². The number of benzene rings is 2. The van der Waals surface area contributed by atoms with Gasteiger partial charge in [0.25, 0.3) is 0 Å². The molecule has 1 aliphatic rings. The summed E-state index contributed by atoms with van der Waals surface area (Å²) in [5.41, 5.74) is 1.85. The van der Waals surface area contributed by atoms with Crippen LogP contribution in [-0.4, -0.2) is 37.6 Å². The standard InChI is InChI=1S/C24H28N4O2S/c29-21-14-8-7-13-20(21)23-26-27-24(28(23)16-15-18-9-3-1-4-10-18)31-17-22(30)25-19-11-5-2-6-12-19/h1,3-4,7-10,13-14,19,29H,2,5-6,11-12,15-17H2,(H,25,30). The van der Waals surface area contributed by atoms with Gasteiger partial charge in [0.2, 0.25) is 5.91 Å². The van der Waals surface area contributed by atoms with Crippen LogP contribution in [0.5, 0.6) is 5.75 Å². The number of para-hydroxylation sites is 1. The first-order valence-corrected chi connectivity index (χ1v) is 11.9. The van der Waals surface area contributed by atoms with E-state index in [1.807, 2.05) is 34.9 Å². The van der Waals surface area contributed by atoms with Gasteiger partial charge in [-0.1, -0.05) is 73.5 Å². The summed E-state index contributed by atoms with van der Waals surface area (Å²) >= 11 is 1.40. The molecule has 162 valence electrons. The number of aryl methyl sites for hydroxylation is 1. The van der Waals surface area contributed by atoms with Gasteiger partial charge in [0.15, 0.2) is 11.0 Å². The minimum Gasteiger partial charge on any atom is -0.507 e. The molecule has 6 nitrogen and oxygen atoms in total. The lowest BCUT2D eigenvalue weighted by Crippen LogP contribution is -2.37. The number of hydrogen-bond donors (Lipinski definition) is 2. The fourth-order valence-corrected chi connectivity index (χ4v) is 4.77. The molecule has 7 heteroatoms. The number of amides is 1. The molecule has 0 saturated heterocycles. The molecule has 1 amide bonds. The largest absolute Gasteiger partial charge is 0.507 e. The number of nitrogens with one attached hydrogen (secondary N) is 1. The molecule has 1 heterocycles. The number of aromatic nitrogens is 3. The Morgan fingerprint density at radius 1 is 1.03 bits per heavy atom. The molecule has 1 fully saturated rings. The minimum atomic E-state index is 0.0404. The molecule has 2 N–H and O–H groups in total. The fraction of sp³-hybridized carbons (Fsp3) is 0.375. The summed E-state index contributed by atoms with van der Waals surface area (Å²) < 4.78 is 2.00. The molecule has 4 rings (SSSR count). The van der Waals surface area contributed by atoms with Gasteiger partial charge in [-0.25, -0.2) is 0 Å². The van der Waals surface area contributed by atoms with Gasteiger partial charge in [-0.15, -0.1) is 10.2 Å². The Bertz CT molecular complexity index is 1000. The van der Waals surface area contributed by atoms with E-state index in [1.165, 1.54) is 36.6 Å². The first-order valence-electron chi connectivity index (χ1n) is 10.9. The number of aromatic hydroxyl groups is 1. The van der Waals surface area contributed by atoms with Crippen LogP contribution in [0.25, 0.3) is 11.4 Å². The van der Waals surface area contributed by atoms with E-state index >= 15 is 0 Å². The number of nitrogens with zero attached hydrogens (tertiary/aromatic N) is 3. The Labute approximate surface area is 187 Å². The zero-order valence-electron chi connectivity index (χ0n) is 17.5. The fourth-order valence-electron chi connectivity index (χ4n) is 3.99. The highest BCUT2D eigenvalue weighted by Crippen LogP contribution is 2.30. The molecule has 2 aromatic carbocycles. The summed E-state index contributed by atoms with van der Waals surface area (Å²) in [7, 11) is 0. The van der Waals surface area contributed by atoms with Crippen molar-refractivity contribution < 1.29 is 9.90 Å². The van der Waals surface area contributed by atoms with Crippen LogP contribution in [0.4, 0.5) is 0 Å². The van der Waals surface area contributed by atoms with Crippen molar-refractivity contribution in [1.29, 1.82) is 0 Å². The van der Waals surface area contributed by atoms with Crippen molar-refractivity contribution in [3.8, 4) is 17.1 Å². The molecule has 31 heavy (non-hydrogen) atoms. The predicted octanol–water partition coefficient (Wildman–Crippen LogP) is 4.43. The molecule has 0 atom stereocenters. The van der Waals surface area contributed by atoms with Gasteiger partial charge in [0.1, 0.15) is 5.75 Å². The van der Waals surface area contributed by atoms with E-state index in [0.29, 0.717) is 34.9 Å². The molecule has 0 unspecified atom stereocenters. The first-order chi connectivity index (χ1) is 15.2. The third-order valence-electron chi connectivity index (χ3n) is 5.63. The lowest BCUT2D eigenvalue weighted by atomic mass is 9.95. The molecule has 0 radical (unpaired) electrons. The van der Waals surface area contributed by atoms with Gasteiger partial charge < -0.3 is 15.0 Å². The van der Waals surface area contributed by atoms with Gasteiger partial charge in [-0.2, -0.15) is 0 Å². The average molecular weight is 437 g/mol. The smallest absolute Gasteiger partial charge is 0.230 e. The van der Waals surface area contributed by atoms with E-state index in [0.717, 1.165) is 19.3 Å². The summed E-state index contributed by atoms with van der Waals surface area (Å²) in [4.78, 5) is 12.5. The van der Waals surface area contributed by atoms with Gasteiger partial charge in [-0.05, 0) is 37.0 Å². The van der Waals surface area contributed by atoms with Crippen molar-refractivity contribution in [3.63, 3.8) is 0 Å². The zero-order valence-corrected chi connectivity index (χ0v) is 18.4. The number of hydrogen-bond acceptors (Lipinski definition) is 5. The maximum absolute atomic E-state index is 12.5. The van der Waals surface area contributed by atoms with Crippen molar-refractivity contribution in [2.75, 3.05) is 5.75 Å². The second-order valence-electron chi connectivity index (χ2n) is 7.90. The minimum absolute atomic E-state index is 0.0404. The molecular weight excluding hydrogens is 408 g/mol. The summed E-state index contributed by atoms with van der Waals surface area (Å²) in [6, 6.07) is 17.7. The van der Waals surface area contributed by atoms with Crippen molar-refractivity contribution in [2.24, 2.45) is 0 Å². The van der Waals surface area contributed by atoms with Crippen LogP contribution in [0.15, 0.2) is 59.8 Å². The van der Waals surface area contributed by atoms with Crippen LogP contribution in [0.1, 0.15) is 37.7 Å². The van der Waals surface area contributed by atoms with Crippen molar-refractivity contribution in [2.45, 2.75) is 56.3 Å². The predicted molar refractivity (Wildman–Crippen MR) is 123 cm³/mol. The summed E-state index contributed by atoms with van der Waals surface area (Å²) in [5.74, 6) is 1.13. The summed E-state index contributed by atoms with van der Waals surface area (Å²) in [5, 5.41) is 22.9. The van der Waals surface area contributed by atoms with Crippen molar-refractivity contribution in [1.82, 2.24) is 20.1 Å². The van der Waals surface area contributed by atoms with Crippen LogP contribution in [0.3, 0.4) is 0 Å². The molecular formula is C24H28N4O2S. The number of carbonyl (C=O) groups is 1. The van der Waals surface area contributed by atoms with E-state index < -0.39 is 0 Å². The average Bonchev–Trinajstić information content (AvgIpc) is 3.20. The SMILES string of the molecule is O=C(CSc1nnc(-c2ccccc2O)n1CCc1ccccc1)NC1CCCCC1. The van der Waals surface area contributed by atoms with E-state index in [4.69, 9.17) is 0 Å². The van der Waals surface area contributed by atoms with E-state index in [1.54, 1.807) is 12.1 Å². The van der Waals surface area contributed by atoms with Gasteiger partial charge in [0.05, 0.1) is 11.3 Å². The summed E-state index contributed by atoms with van der Waals surface area (Å²) in [6.07, 6.45) is 6.59. The second-order valence-corrected chi connectivity index (χ2v) is 8.84. The first kappa shape index (κ1) is 21.4. The highest BCUT2D eigenvalue weighted by molar-refractivity contribution is 7.99. The Balaban J connectivity index is 1.49. The lowest BCUT2D eigenvalue weighted by Gasteiger charge is -2.22. The molecule has 1 aliphatic carbocycles. The number of thioether (sulfide) groups is 1. The number of carbonyl (C=O) groups excluding carboxylic acids is 1. The third kappa shape index (κ3) is 5.67. The molecule has 0 aliphatic heterocycles. The second kappa shape index (κ2) is 10.5. The Kier molecular flexibility index (Phi) is 7.25. The lowest BCUT2D eigenvalue weighted by molar-refractivity contribution is -0.119. The monoisotopic (exact) mass is 436 g/mol. The zero-order chi connectivity index (χ0) is 21.5. The molecule has 0 spiro atoms. The van der Waals surface area contributed by atoms with Crippen LogP contribution >= 0.6 is 11.8 Å². The van der Waals surface area contributed by atoms with E-state index in [2.05, 4.69) is 27.6 Å². The number of rotatable bonds is 8. The van der Waals surface area contributed by atoms with Crippen molar-refractivity contribution >= 4 is 17.7 Å². The highest BCUT2D eigenvalue weighted by atomic mass is 32.2. The molecule has 1 saturated carbocycles. The Morgan fingerprint density at radius 3 is 2.55 bits per heavy atom. The quantitative estimate of drug-likeness (QED) is 0.511. The highest BCUT2D eigenvalue weighted by Gasteiger charge is 2.19. The van der Waals surface area contributed by atoms with Gasteiger partial charge in [0, 0.05) is 12.6 Å². The van der Waals surface area contributed by atoms with Crippen LogP contribution in [-0.2, 0) is 17.8 Å². The van der Waals surface area contributed by atoms with Gasteiger partial charge in [-0.3, -0.25) is 4.79 Å².